The minimum Gasteiger partial charge on any atom is -0.484 e. The predicted octanol–water partition coefficient (Wildman–Crippen LogP) is 2.76. The molecule has 8 nitrogen and oxygen atoms in total. The number of carbonyl (C=O) groups is 2. The quantitative estimate of drug-likeness (QED) is 0.628. The van der Waals surface area contributed by atoms with E-state index in [-0.39, 0.29) is 18.4 Å². The average molecular weight is 448 g/mol. The number of anilines is 1. The van der Waals surface area contributed by atoms with Crippen LogP contribution in [0.2, 0.25) is 0 Å². The fraction of sp³-hybridized carbons (Fsp3) is 0.400. The lowest BCUT2D eigenvalue weighted by Crippen LogP contribution is -2.49. The van der Waals surface area contributed by atoms with Gasteiger partial charge in [0, 0.05) is 69.2 Å². The lowest BCUT2D eigenvalue weighted by molar-refractivity contribution is -0.133. The maximum atomic E-state index is 12.4. The molecule has 2 amide bonds. The van der Waals surface area contributed by atoms with Crippen molar-refractivity contribution >= 4 is 28.5 Å². The zero-order valence-corrected chi connectivity index (χ0v) is 19.1. The number of carbonyl (C=O) groups excluding carboxylic acids is 2. The first-order valence-electron chi connectivity index (χ1n) is 11.4. The summed E-state index contributed by atoms with van der Waals surface area (Å²) >= 11 is 0. The third kappa shape index (κ3) is 4.51. The summed E-state index contributed by atoms with van der Waals surface area (Å²) in [6.45, 7) is 3.22. The highest BCUT2D eigenvalue weighted by Crippen LogP contribution is 2.33. The second-order valence-electron chi connectivity index (χ2n) is 8.96. The number of hydrogen-bond acceptors (Lipinski definition) is 5. The SMILES string of the molecule is CN(C)C(=O)COc1ccc(-c2cc3c(N4CCN(C(=O)C5CC5)CC4)ccnc3[nH]2)cc1. The standard InChI is InChI=1S/C25H29N5O3/c1-28(2)23(31)16-33-19-7-5-17(6-8-19)21-15-20-22(9-10-26-24(20)27-21)29-11-13-30(14-12-29)25(32)18-3-4-18/h5-10,15,18H,3-4,11-14,16H2,1-2H3,(H,26,27). The van der Waals surface area contributed by atoms with Gasteiger partial charge in [0.15, 0.2) is 6.61 Å². The number of H-pyrrole nitrogens is 1. The maximum absolute atomic E-state index is 12.4. The normalized spacial score (nSPS) is 16.2. The highest BCUT2D eigenvalue weighted by atomic mass is 16.5. The largest absolute Gasteiger partial charge is 0.484 e. The van der Waals surface area contributed by atoms with Gasteiger partial charge in [-0.25, -0.2) is 4.98 Å². The average Bonchev–Trinajstić information content (AvgIpc) is 3.60. The number of piperazine rings is 1. The van der Waals surface area contributed by atoms with Crippen LogP contribution in [0.1, 0.15) is 12.8 Å². The Hall–Kier alpha value is -3.55. The summed E-state index contributed by atoms with van der Waals surface area (Å²) in [4.78, 5) is 37.9. The van der Waals surface area contributed by atoms with Gasteiger partial charge in [-0.3, -0.25) is 9.59 Å². The van der Waals surface area contributed by atoms with Crippen molar-refractivity contribution in [3.05, 3.63) is 42.6 Å². The van der Waals surface area contributed by atoms with Gasteiger partial charge in [0.2, 0.25) is 5.91 Å². The van der Waals surface area contributed by atoms with E-state index in [1.165, 1.54) is 4.90 Å². The van der Waals surface area contributed by atoms with Crippen LogP contribution in [0.25, 0.3) is 22.3 Å². The highest BCUT2D eigenvalue weighted by Gasteiger charge is 2.34. The van der Waals surface area contributed by atoms with Crippen LogP contribution >= 0.6 is 0 Å². The molecule has 0 spiro atoms. The molecular formula is C25H29N5O3. The zero-order chi connectivity index (χ0) is 22.9. The van der Waals surface area contributed by atoms with Gasteiger partial charge in [-0.05, 0) is 54.8 Å². The van der Waals surface area contributed by atoms with Crippen molar-refractivity contribution < 1.29 is 14.3 Å². The van der Waals surface area contributed by atoms with Crippen molar-refractivity contribution in [1.29, 1.82) is 0 Å². The van der Waals surface area contributed by atoms with Crippen LogP contribution in [0.5, 0.6) is 5.75 Å². The number of ether oxygens (including phenoxy) is 1. The summed E-state index contributed by atoms with van der Waals surface area (Å²) in [5, 5.41) is 1.08. The molecule has 1 aliphatic heterocycles. The van der Waals surface area contributed by atoms with E-state index in [1.54, 1.807) is 14.1 Å². The Kier molecular flexibility index (Phi) is 5.66. The molecule has 172 valence electrons. The molecule has 33 heavy (non-hydrogen) atoms. The van der Waals surface area contributed by atoms with Crippen LogP contribution in [-0.4, -0.2) is 78.5 Å². The molecule has 0 radical (unpaired) electrons. The summed E-state index contributed by atoms with van der Waals surface area (Å²) < 4.78 is 5.57. The molecule has 8 heteroatoms. The summed E-state index contributed by atoms with van der Waals surface area (Å²) in [5.41, 5.74) is 3.98. The second-order valence-corrected chi connectivity index (χ2v) is 8.96. The van der Waals surface area contributed by atoms with Crippen LogP contribution < -0.4 is 9.64 Å². The monoisotopic (exact) mass is 447 g/mol. The minimum atomic E-state index is -0.0777. The Morgan fingerprint density at radius 2 is 1.82 bits per heavy atom. The first kappa shape index (κ1) is 21.3. The molecule has 5 rings (SSSR count). The van der Waals surface area contributed by atoms with Crippen molar-refractivity contribution in [2.24, 2.45) is 5.92 Å². The molecule has 2 fully saturated rings. The van der Waals surface area contributed by atoms with Gasteiger partial charge in [-0.15, -0.1) is 0 Å². The molecule has 1 saturated carbocycles. The van der Waals surface area contributed by atoms with E-state index in [9.17, 15) is 9.59 Å². The second kappa shape index (κ2) is 8.77. The first-order valence-corrected chi connectivity index (χ1v) is 11.4. The van der Waals surface area contributed by atoms with E-state index in [0.717, 1.165) is 67.0 Å². The lowest BCUT2D eigenvalue weighted by atomic mass is 10.1. The molecule has 0 bridgehead atoms. The van der Waals surface area contributed by atoms with Crippen molar-refractivity contribution in [2.45, 2.75) is 12.8 Å². The number of aromatic amines is 1. The molecule has 0 unspecified atom stereocenters. The van der Waals surface area contributed by atoms with Crippen LogP contribution in [-0.2, 0) is 9.59 Å². The molecule has 1 N–H and O–H groups in total. The van der Waals surface area contributed by atoms with Gasteiger partial charge in [0.1, 0.15) is 11.4 Å². The third-order valence-corrected chi connectivity index (χ3v) is 6.39. The fourth-order valence-corrected chi connectivity index (χ4v) is 4.21. The number of rotatable bonds is 6. The van der Waals surface area contributed by atoms with Crippen molar-refractivity contribution in [1.82, 2.24) is 19.8 Å². The Morgan fingerprint density at radius 3 is 2.48 bits per heavy atom. The predicted molar refractivity (Wildman–Crippen MR) is 127 cm³/mol. The Balaban J connectivity index is 1.30. The van der Waals surface area contributed by atoms with Gasteiger partial charge in [-0.2, -0.15) is 0 Å². The molecule has 0 atom stereocenters. The molecule has 2 aromatic heterocycles. The highest BCUT2D eigenvalue weighted by molar-refractivity contribution is 5.94. The number of benzene rings is 1. The number of pyridine rings is 1. The van der Waals surface area contributed by atoms with Crippen molar-refractivity contribution in [2.75, 3.05) is 51.8 Å². The van der Waals surface area contributed by atoms with Crippen molar-refractivity contribution in [3.63, 3.8) is 0 Å². The van der Waals surface area contributed by atoms with Crippen LogP contribution in [0.4, 0.5) is 5.69 Å². The van der Waals surface area contributed by atoms with E-state index in [0.29, 0.717) is 11.7 Å². The van der Waals surface area contributed by atoms with Crippen molar-refractivity contribution in [3.8, 4) is 17.0 Å². The van der Waals surface area contributed by atoms with Gasteiger partial charge >= 0.3 is 0 Å². The summed E-state index contributed by atoms with van der Waals surface area (Å²) in [6, 6.07) is 11.9. The number of likely N-dealkylation sites (N-methyl/N-ethyl adjacent to an activating group) is 1. The van der Waals surface area contributed by atoms with Gasteiger partial charge in [0.25, 0.3) is 5.91 Å². The Bertz CT molecular complexity index is 1160. The number of aromatic nitrogens is 2. The van der Waals surface area contributed by atoms with Gasteiger partial charge in [0.05, 0.1) is 0 Å². The van der Waals surface area contributed by atoms with E-state index in [1.807, 2.05) is 35.4 Å². The van der Waals surface area contributed by atoms with Crippen LogP contribution in [0, 0.1) is 5.92 Å². The van der Waals surface area contributed by atoms with Gasteiger partial charge < -0.3 is 24.4 Å². The topological polar surface area (TPSA) is 81.8 Å². The van der Waals surface area contributed by atoms with E-state index in [4.69, 9.17) is 4.74 Å². The van der Waals surface area contributed by atoms with E-state index >= 15 is 0 Å². The van der Waals surface area contributed by atoms with E-state index in [2.05, 4.69) is 27.0 Å². The van der Waals surface area contributed by atoms with Gasteiger partial charge in [-0.1, -0.05) is 0 Å². The number of amides is 2. The molecular weight excluding hydrogens is 418 g/mol. The Labute approximate surface area is 193 Å². The maximum Gasteiger partial charge on any atom is 0.259 e. The number of nitrogens with zero attached hydrogens (tertiary/aromatic N) is 4. The lowest BCUT2D eigenvalue weighted by Gasteiger charge is -2.36. The Morgan fingerprint density at radius 1 is 1.09 bits per heavy atom. The number of fused-ring (bicyclic) bond motifs is 1. The molecule has 3 aromatic rings. The molecule has 3 heterocycles. The summed E-state index contributed by atoms with van der Waals surface area (Å²) in [5.74, 6) is 1.19. The number of nitrogens with one attached hydrogen (secondary N) is 1. The first-order chi connectivity index (χ1) is 16.0. The van der Waals surface area contributed by atoms with E-state index < -0.39 is 0 Å². The summed E-state index contributed by atoms with van der Waals surface area (Å²) in [7, 11) is 3.42. The molecule has 2 aliphatic rings. The molecule has 1 aliphatic carbocycles. The molecule has 1 aromatic carbocycles. The zero-order valence-electron chi connectivity index (χ0n) is 19.1. The third-order valence-electron chi connectivity index (χ3n) is 6.39. The smallest absolute Gasteiger partial charge is 0.259 e. The minimum absolute atomic E-state index is 0.0194. The molecule has 1 saturated heterocycles. The fourth-order valence-electron chi connectivity index (χ4n) is 4.21. The number of hydrogen-bond donors (Lipinski definition) is 1. The van der Waals surface area contributed by atoms with Crippen LogP contribution in [0.3, 0.4) is 0 Å². The summed E-state index contributed by atoms with van der Waals surface area (Å²) in [6.07, 6.45) is 3.94. The van der Waals surface area contributed by atoms with Crippen LogP contribution in [0.15, 0.2) is 42.6 Å².